The van der Waals surface area contributed by atoms with Gasteiger partial charge in [0.1, 0.15) is 12.0 Å². The topological polar surface area (TPSA) is 103 Å². The van der Waals surface area contributed by atoms with Crippen LogP contribution in [0.3, 0.4) is 0 Å². The van der Waals surface area contributed by atoms with Crippen LogP contribution in [0.1, 0.15) is 18.2 Å². The Morgan fingerprint density at radius 3 is 3.00 bits per heavy atom. The SMILES string of the molecule is CC(Cl)c1nnc(NCCOCC(N)=O)o1. The average Bonchev–Trinajstić information content (AvgIpc) is 2.65. The van der Waals surface area contributed by atoms with Crippen LogP contribution in [0.4, 0.5) is 6.01 Å². The number of aromatic nitrogens is 2. The molecule has 0 aliphatic rings. The minimum Gasteiger partial charge on any atom is -0.407 e. The summed E-state index contributed by atoms with van der Waals surface area (Å²) in [5, 5.41) is 9.92. The summed E-state index contributed by atoms with van der Waals surface area (Å²) in [6, 6.07) is 0.269. The number of halogens is 1. The number of carbonyl (C=O) groups is 1. The van der Waals surface area contributed by atoms with E-state index in [1.54, 1.807) is 6.92 Å². The largest absolute Gasteiger partial charge is 0.407 e. The Bertz CT molecular complexity index is 342. The van der Waals surface area contributed by atoms with E-state index < -0.39 is 5.91 Å². The van der Waals surface area contributed by atoms with Gasteiger partial charge < -0.3 is 20.2 Å². The van der Waals surface area contributed by atoms with Crippen molar-refractivity contribution in [2.75, 3.05) is 25.1 Å². The maximum atomic E-state index is 10.3. The maximum absolute atomic E-state index is 10.3. The third kappa shape index (κ3) is 4.45. The molecular formula is C8H13ClN4O3. The number of anilines is 1. The Hall–Kier alpha value is -1.34. The summed E-state index contributed by atoms with van der Waals surface area (Å²) >= 11 is 5.73. The molecule has 0 saturated carbocycles. The number of amides is 1. The molecule has 0 bridgehead atoms. The summed E-state index contributed by atoms with van der Waals surface area (Å²) in [6.45, 7) is 2.38. The Balaban J connectivity index is 2.19. The Morgan fingerprint density at radius 1 is 1.69 bits per heavy atom. The van der Waals surface area contributed by atoms with Crippen molar-refractivity contribution >= 4 is 23.5 Å². The number of carbonyl (C=O) groups excluding carboxylic acids is 1. The summed E-state index contributed by atoms with van der Waals surface area (Å²) in [6.07, 6.45) is 0. The third-order valence-corrected chi connectivity index (χ3v) is 1.73. The van der Waals surface area contributed by atoms with Crippen LogP contribution in [0.5, 0.6) is 0 Å². The number of hydrogen-bond donors (Lipinski definition) is 2. The van der Waals surface area contributed by atoms with Crippen molar-refractivity contribution in [2.45, 2.75) is 12.3 Å². The number of primary amides is 1. The molecule has 1 amide bonds. The van der Waals surface area contributed by atoms with Crippen LogP contribution in [0, 0.1) is 0 Å². The van der Waals surface area contributed by atoms with Crippen molar-refractivity contribution in [3.05, 3.63) is 5.89 Å². The van der Waals surface area contributed by atoms with Gasteiger partial charge in [0.25, 0.3) is 0 Å². The molecule has 8 heteroatoms. The van der Waals surface area contributed by atoms with Crippen LogP contribution in [0.15, 0.2) is 4.42 Å². The van der Waals surface area contributed by atoms with E-state index in [-0.39, 0.29) is 18.0 Å². The van der Waals surface area contributed by atoms with Gasteiger partial charge in [-0.1, -0.05) is 5.10 Å². The van der Waals surface area contributed by atoms with Gasteiger partial charge in [-0.05, 0) is 6.92 Å². The number of nitrogens with zero attached hydrogens (tertiary/aromatic N) is 2. The Morgan fingerprint density at radius 2 is 2.44 bits per heavy atom. The molecule has 1 aromatic rings. The molecule has 0 saturated heterocycles. The van der Waals surface area contributed by atoms with Crippen molar-refractivity contribution < 1.29 is 13.9 Å². The first-order valence-electron chi connectivity index (χ1n) is 4.67. The first-order valence-corrected chi connectivity index (χ1v) is 5.10. The van der Waals surface area contributed by atoms with Crippen molar-refractivity contribution in [2.24, 2.45) is 5.73 Å². The summed E-state index contributed by atoms with van der Waals surface area (Å²) in [5.74, 6) is -0.154. The van der Waals surface area contributed by atoms with Crippen molar-refractivity contribution in [3.63, 3.8) is 0 Å². The van der Waals surface area contributed by atoms with E-state index in [9.17, 15) is 4.79 Å². The van der Waals surface area contributed by atoms with Crippen LogP contribution >= 0.6 is 11.6 Å². The molecule has 3 N–H and O–H groups in total. The zero-order valence-corrected chi connectivity index (χ0v) is 9.53. The third-order valence-electron chi connectivity index (χ3n) is 1.55. The van der Waals surface area contributed by atoms with Gasteiger partial charge >= 0.3 is 6.01 Å². The molecule has 90 valence electrons. The zero-order valence-electron chi connectivity index (χ0n) is 8.77. The maximum Gasteiger partial charge on any atom is 0.315 e. The zero-order chi connectivity index (χ0) is 12.0. The van der Waals surface area contributed by atoms with E-state index in [1.165, 1.54) is 0 Å². The monoisotopic (exact) mass is 248 g/mol. The highest BCUT2D eigenvalue weighted by Crippen LogP contribution is 2.18. The second-order valence-electron chi connectivity index (χ2n) is 3.01. The average molecular weight is 249 g/mol. The smallest absolute Gasteiger partial charge is 0.315 e. The highest BCUT2D eigenvalue weighted by Gasteiger charge is 2.10. The fourth-order valence-corrected chi connectivity index (χ4v) is 0.958. The molecule has 0 aliphatic heterocycles. The number of nitrogens with one attached hydrogen (secondary N) is 1. The molecule has 1 heterocycles. The van der Waals surface area contributed by atoms with Crippen LogP contribution in [-0.4, -0.2) is 35.9 Å². The number of rotatable bonds is 7. The number of hydrogen-bond acceptors (Lipinski definition) is 6. The van der Waals surface area contributed by atoms with Gasteiger partial charge in [-0.2, -0.15) is 0 Å². The minimum absolute atomic E-state index is 0.102. The van der Waals surface area contributed by atoms with Crippen molar-refractivity contribution in [1.29, 1.82) is 0 Å². The van der Waals surface area contributed by atoms with Crippen LogP contribution < -0.4 is 11.1 Å². The molecular weight excluding hydrogens is 236 g/mol. The molecule has 1 unspecified atom stereocenters. The second kappa shape index (κ2) is 6.29. The fraction of sp³-hybridized carbons (Fsp3) is 0.625. The lowest BCUT2D eigenvalue weighted by molar-refractivity contribution is -0.122. The lowest BCUT2D eigenvalue weighted by atomic mass is 10.5. The predicted octanol–water partition coefficient (Wildman–Crippen LogP) is 0.283. The fourth-order valence-electron chi connectivity index (χ4n) is 0.870. The van der Waals surface area contributed by atoms with Gasteiger partial charge in [-0.3, -0.25) is 4.79 Å². The normalized spacial score (nSPS) is 12.4. The van der Waals surface area contributed by atoms with Crippen LogP contribution in [0.2, 0.25) is 0 Å². The summed E-state index contributed by atoms with van der Waals surface area (Å²) in [4.78, 5) is 10.3. The molecule has 7 nitrogen and oxygen atoms in total. The molecule has 0 aromatic carbocycles. The highest BCUT2D eigenvalue weighted by atomic mass is 35.5. The summed E-state index contributed by atoms with van der Waals surface area (Å²) < 4.78 is 10.1. The number of alkyl halides is 1. The van der Waals surface area contributed by atoms with Gasteiger partial charge in [0.05, 0.1) is 6.61 Å². The predicted molar refractivity (Wildman–Crippen MR) is 57.1 cm³/mol. The van der Waals surface area contributed by atoms with E-state index in [1.807, 2.05) is 0 Å². The lowest BCUT2D eigenvalue weighted by Gasteiger charge is -2.01. The van der Waals surface area contributed by atoms with E-state index in [0.29, 0.717) is 19.0 Å². The second-order valence-corrected chi connectivity index (χ2v) is 3.66. The van der Waals surface area contributed by atoms with Gasteiger partial charge in [0.2, 0.25) is 11.8 Å². The van der Waals surface area contributed by atoms with Gasteiger partial charge in [0, 0.05) is 6.54 Å². The number of nitrogens with two attached hydrogens (primary N) is 1. The van der Waals surface area contributed by atoms with Crippen molar-refractivity contribution in [1.82, 2.24) is 10.2 Å². The first-order chi connectivity index (χ1) is 7.59. The van der Waals surface area contributed by atoms with E-state index in [0.717, 1.165) is 0 Å². The van der Waals surface area contributed by atoms with E-state index in [4.69, 9.17) is 26.5 Å². The van der Waals surface area contributed by atoms with Gasteiger partial charge in [0.15, 0.2) is 0 Å². The first kappa shape index (κ1) is 12.7. The molecule has 1 aromatic heterocycles. The Labute approximate surface area is 97.3 Å². The molecule has 0 spiro atoms. The summed E-state index contributed by atoms with van der Waals surface area (Å²) in [5.41, 5.74) is 4.88. The minimum atomic E-state index is -0.504. The quantitative estimate of drug-likeness (QED) is 0.531. The van der Waals surface area contributed by atoms with Gasteiger partial charge in [-0.15, -0.1) is 16.7 Å². The standard InChI is InChI=1S/C8H13ClN4O3/c1-5(9)7-12-13-8(16-7)11-2-3-15-4-6(10)14/h5H,2-4H2,1H3,(H2,10,14)(H,11,13). The lowest BCUT2D eigenvalue weighted by Crippen LogP contribution is -2.20. The molecule has 1 atom stereocenters. The molecule has 0 radical (unpaired) electrons. The van der Waals surface area contributed by atoms with Crippen molar-refractivity contribution in [3.8, 4) is 0 Å². The highest BCUT2D eigenvalue weighted by molar-refractivity contribution is 6.20. The molecule has 0 fully saturated rings. The molecule has 0 aliphatic carbocycles. The van der Waals surface area contributed by atoms with E-state index in [2.05, 4.69) is 15.5 Å². The Kier molecular flexibility index (Phi) is 5.00. The van der Waals surface area contributed by atoms with E-state index >= 15 is 0 Å². The summed E-state index contributed by atoms with van der Waals surface area (Å²) in [7, 11) is 0. The van der Waals surface area contributed by atoms with Crippen LogP contribution in [0.25, 0.3) is 0 Å². The number of ether oxygens (including phenoxy) is 1. The van der Waals surface area contributed by atoms with Gasteiger partial charge in [-0.25, -0.2) is 0 Å². The molecule has 1 rings (SSSR count). The van der Waals surface area contributed by atoms with Crippen LogP contribution in [-0.2, 0) is 9.53 Å². The molecule has 16 heavy (non-hydrogen) atoms.